The van der Waals surface area contributed by atoms with Crippen molar-refractivity contribution < 1.29 is 23.0 Å². The van der Waals surface area contributed by atoms with E-state index in [1.807, 2.05) is 19.1 Å². The third-order valence-electron chi connectivity index (χ3n) is 4.25. The van der Waals surface area contributed by atoms with Crippen molar-refractivity contribution >= 4 is 35.8 Å². The summed E-state index contributed by atoms with van der Waals surface area (Å²) in [6.07, 6.45) is 0. The van der Waals surface area contributed by atoms with E-state index in [0.717, 1.165) is 5.56 Å². The summed E-state index contributed by atoms with van der Waals surface area (Å²) >= 11 is 0. The van der Waals surface area contributed by atoms with Crippen molar-refractivity contribution in [3.05, 3.63) is 59.2 Å². The average Bonchev–Trinajstić information content (AvgIpc) is 2.76. The van der Waals surface area contributed by atoms with Gasteiger partial charge in [-0.25, -0.2) is 0 Å². The summed E-state index contributed by atoms with van der Waals surface area (Å²) in [6.45, 7) is 2.25. The van der Waals surface area contributed by atoms with Crippen LogP contribution < -0.4 is 25.4 Å². The monoisotopic (exact) mass is 562 g/mol. The van der Waals surface area contributed by atoms with Crippen LogP contribution in [0.4, 0.5) is 8.78 Å². The molecule has 0 atom stereocenters. The van der Waals surface area contributed by atoms with Crippen LogP contribution in [-0.2, 0) is 13.1 Å². The van der Waals surface area contributed by atoms with Gasteiger partial charge in [-0.2, -0.15) is 8.78 Å². The third-order valence-corrected chi connectivity index (χ3v) is 4.25. The van der Waals surface area contributed by atoms with Gasteiger partial charge in [0.15, 0.2) is 17.5 Å². The number of hydrogen-bond donors (Lipinski definition) is 3. The van der Waals surface area contributed by atoms with Gasteiger partial charge >= 0.3 is 6.61 Å². The molecule has 2 aromatic rings. The summed E-state index contributed by atoms with van der Waals surface area (Å²) in [5.74, 6) is 0.633. The second-order valence-corrected chi connectivity index (χ2v) is 6.39. The van der Waals surface area contributed by atoms with Gasteiger partial charge in [0, 0.05) is 37.8 Å². The molecule has 32 heavy (non-hydrogen) atoms. The molecule has 0 aliphatic carbocycles. The highest BCUT2D eigenvalue weighted by molar-refractivity contribution is 14.0. The fraction of sp³-hybridized carbons (Fsp3) is 0.364. The van der Waals surface area contributed by atoms with Crippen molar-refractivity contribution in [2.24, 2.45) is 4.99 Å². The zero-order chi connectivity index (χ0) is 22.6. The first-order valence-electron chi connectivity index (χ1n) is 9.99. The number of carbonyl (C=O) groups excluding carboxylic acids is 1. The maximum atomic E-state index is 12.9. The molecule has 0 bridgehead atoms. The van der Waals surface area contributed by atoms with Crippen molar-refractivity contribution in [3.8, 4) is 11.5 Å². The molecule has 0 aliphatic heterocycles. The van der Waals surface area contributed by atoms with Crippen LogP contribution in [0, 0.1) is 0 Å². The van der Waals surface area contributed by atoms with Crippen molar-refractivity contribution in [2.75, 3.05) is 20.2 Å². The Balaban J connectivity index is 0.00000512. The number of para-hydroxylation sites is 1. The summed E-state index contributed by atoms with van der Waals surface area (Å²) in [7, 11) is 1.61. The summed E-state index contributed by atoms with van der Waals surface area (Å²) < 4.78 is 35.8. The number of rotatable bonds is 10. The summed E-state index contributed by atoms with van der Waals surface area (Å²) in [5.41, 5.74) is 2.06. The minimum atomic E-state index is -2.96. The molecule has 0 heterocycles. The van der Waals surface area contributed by atoms with Gasteiger partial charge in [-0.15, -0.1) is 24.0 Å². The number of amides is 1. The van der Waals surface area contributed by atoms with Crippen LogP contribution in [0.15, 0.2) is 47.5 Å². The highest BCUT2D eigenvalue weighted by Crippen LogP contribution is 2.32. The number of hydrogen-bond acceptors (Lipinski definition) is 4. The van der Waals surface area contributed by atoms with Gasteiger partial charge in [-0.1, -0.05) is 24.3 Å². The SMILES string of the molecule is CCNC(=O)c1ccc(CNC(=NC)NCc2cccc(OCC)c2OC(F)F)cc1.I. The molecule has 0 saturated heterocycles. The Bertz CT molecular complexity index is 880. The smallest absolute Gasteiger partial charge is 0.387 e. The molecule has 0 saturated carbocycles. The highest BCUT2D eigenvalue weighted by Gasteiger charge is 2.16. The molecule has 0 fully saturated rings. The molecular weight excluding hydrogens is 533 g/mol. The summed E-state index contributed by atoms with van der Waals surface area (Å²) in [4.78, 5) is 16.0. The van der Waals surface area contributed by atoms with E-state index in [0.29, 0.717) is 36.8 Å². The van der Waals surface area contributed by atoms with Gasteiger partial charge in [-0.05, 0) is 37.6 Å². The van der Waals surface area contributed by atoms with E-state index in [1.165, 1.54) is 0 Å². The average molecular weight is 562 g/mol. The molecule has 0 aromatic heterocycles. The van der Waals surface area contributed by atoms with E-state index in [2.05, 4.69) is 25.7 Å². The Labute approximate surface area is 204 Å². The zero-order valence-corrected chi connectivity index (χ0v) is 20.6. The van der Waals surface area contributed by atoms with E-state index in [9.17, 15) is 13.6 Å². The molecular formula is C22H29F2IN4O3. The van der Waals surface area contributed by atoms with Crippen molar-refractivity contribution in [1.82, 2.24) is 16.0 Å². The van der Waals surface area contributed by atoms with Gasteiger partial charge in [0.2, 0.25) is 0 Å². The van der Waals surface area contributed by atoms with Crippen molar-refractivity contribution in [1.29, 1.82) is 0 Å². The van der Waals surface area contributed by atoms with Crippen LogP contribution in [0.2, 0.25) is 0 Å². The van der Waals surface area contributed by atoms with Gasteiger partial charge in [0.05, 0.1) is 6.61 Å². The van der Waals surface area contributed by atoms with E-state index in [4.69, 9.17) is 4.74 Å². The molecule has 2 aromatic carbocycles. The number of benzene rings is 2. The number of alkyl halides is 2. The molecule has 3 N–H and O–H groups in total. The van der Waals surface area contributed by atoms with Crippen LogP contribution in [0.3, 0.4) is 0 Å². The maximum absolute atomic E-state index is 12.9. The lowest BCUT2D eigenvalue weighted by Gasteiger charge is -2.17. The normalized spacial score (nSPS) is 10.9. The Morgan fingerprint density at radius 3 is 2.31 bits per heavy atom. The first kappa shape index (κ1) is 27.4. The Kier molecular flexibility index (Phi) is 12.4. The van der Waals surface area contributed by atoms with E-state index >= 15 is 0 Å². The van der Waals surface area contributed by atoms with Crippen LogP contribution in [0.1, 0.15) is 35.3 Å². The fourth-order valence-corrected chi connectivity index (χ4v) is 2.81. The lowest BCUT2D eigenvalue weighted by Crippen LogP contribution is -2.36. The largest absolute Gasteiger partial charge is 0.490 e. The summed E-state index contributed by atoms with van der Waals surface area (Å²) in [5, 5.41) is 8.98. The Morgan fingerprint density at radius 1 is 1.03 bits per heavy atom. The Morgan fingerprint density at radius 2 is 1.72 bits per heavy atom. The molecule has 1 amide bonds. The van der Waals surface area contributed by atoms with Crippen LogP contribution in [-0.4, -0.2) is 38.7 Å². The number of nitrogens with one attached hydrogen (secondary N) is 3. The number of carbonyl (C=O) groups is 1. The molecule has 0 aliphatic rings. The number of ether oxygens (including phenoxy) is 2. The number of halogens is 3. The standard InChI is InChI=1S/C22H28F2N4O3.HI/c1-4-26-20(29)16-11-9-15(10-12-16)13-27-22(25-3)28-14-17-7-6-8-18(30-5-2)19(17)31-21(23)24;/h6-12,21H,4-5,13-14H2,1-3H3,(H,26,29)(H2,25,27,28);1H. The van der Waals surface area contributed by atoms with Crippen LogP contribution in [0.5, 0.6) is 11.5 Å². The van der Waals surface area contributed by atoms with Crippen LogP contribution in [0.25, 0.3) is 0 Å². The predicted molar refractivity (Wildman–Crippen MR) is 131 cm³/mol. The second-order valence-electron chi connectivity index (χ2n) is 6.39. The predicted octanol–water partition coefficient (Wildman–Crippen LogP) is 3.92. The van der Waals surface area contributed by atoms with Gasteiger partial charge in [0.25, 0.3) is 5.91 Å². The molecule has 2 rings (SSSR count). The van der Waals surface area contributed by atoms with E-state index in [1.54, 1.807) is 44.3 Å². The minimum Gasteiger partial charge on any atom is -0.490 e. The van der Waals surface area contributed by atoms with E-state index < -0.39 is 6.61 Å². The number of nitrogens with zero attached hydrogens (tertiary/aromatic N) is 1. The zero-order valence-electron chi connectivity index (χ0n) is 18.3. The van der Waals surface area contributed by atoms with Crippen molar-refractivity contribution in [2.45, 2.75) is 33.5 Å². The van der Waals surface area contributed by atoms with Gasteiger partial charge < -0.3 is 25.4 Å². The fourth-order valence-electron chi connectivity index (χ4n) is 2.81. The highest BCUT2D eigenvalue weighted by atomic mass is 127. The Hall–Kier alpha value is -2.63. The molecule has 0 spiro atoms. The van der Waals surface area contributed by atoms with Gasteiger partial charge in [-0.3, -0.25) is 9.79 Å². The van der Waals surface area contributed by atoms with Crippen LogP contribution >= 0.6 is 24.0 Å². The van der Waals surface area contributed by atoms with Crippen molar-refractivity contribution in [3.63, 3.8) is 0 Å². The van der Waals surface area contributed by atoms with E-state index in [-0.39, 0.29) is 47.9 Å². The molecule has 10 heteroatoms. The third kappa shape index (κ3) is 8.48. The molecule has 0 radical (unpaired) electrons. The molecule has 176 valence electrons. The number of aliphatic imine (C=N–C) groups is 1. The molecule has 7 nitrogen and oxygen atoms in total. The molecule has 0 unspecified atom stereocenters. The van der Waals surface area contributed by atoms with Gasteiger partial charge in [0.1, 0.15) is 0 Å². The first-order chi connectivity index (χ1) is 15.0. The topological polar surface area (TPSA) is 84.0 Å². The summed E-state index contributed by atoms with van der Waals surface area (Å²) in [6, 6.07) is 12.2. The number of guanidine groups is 1. The second kappa shape index (κ2) is 14.4. The maximum Gasteiger partial charge on any atom is 0.387 e. The lowest BCUT2D eigenvalue weighted by atomic mass is 10.1. The quantitative estimate of drug-likeness (QED) is 0.232. The minimum absolute atomic E-state index is 0. The lowest BCUT2D eigenvalue weighted by molar-refractivity contribution is -0.0520. The first-order valence-corrected chi connectivity index (χ1v) is 9.99.